The molecule has 2 N–H and O–H groups in total. The fourth-order valence-corrected chi connectivity index (χ4v) is 2.59. The number of benzene rings is 1. The number of nitrogens with two attached hydrogens (primary N) is 1. The van der Waals surface area contributed by atoms with Gasteiger partial charge >= 0.3 is 24.2 Å². The predicted octanol–water partition coefficient (Wildman–Crippen LogP) is 3.15. The number of ether oxygens (including phenoxy) is 6. The van der Waals surface area contributed by atoms with Crippen LogP contribution in [0.2, 0.25) is 0 Å². The van der Waals surface area contributed by atoms with Crippen LogP contribution in [0.25, 0.3) is 0 Å². The summed E-state index contributed by atoms with van der Waals surface area (Å²) in [7, 11) is 2.23. The number of rotatable bonds is 9. The van der Waals surface area contributed by atoms with Crippen molar-refractivity contribution in [3.8, 4) is 11.5 Å². The van der Waals surface area contributed by atoms with Crippen molar-refractivity contribution in [1.82, 2.24) is 0 Å². The minimum absolute atomic E-state index is 0.0137. The van der Waals surface area contributed by atoms with E-state index in [4.69, 9.17) is 24.7 Å². The van der Waals surface area contributed by atoms with E-state index in [-0.39, 0.29) is 35.7 Å². The Morgan fingerprint density at radius 1 is 0.882 bits per heavy atom. The van der Waals surface area contributed by atoms with Crippen LogP contribution in [-0.4, -0.2) is 56.7 Å². The summed E-state index contributed by atoms with van der Waals surface area (Å²) in [5, 5.41) is 0. The second-order valence-corrected chi connectivity index (χ2v) is 8.78. The van der Waals surface area contributed by atoms with Crippen molar-refractivity contribution in [2.24, 2.45) is 11.1 Å². The second-order valence-electron chi connectivity index (χ2n) is 8.78. The fourth-order valence-electron chi connectivity index (χ4n) is 2.59. The molecule has 1 aromatic rings. The van der Waals surface area contributed by atoms with Gasteiger partial charge in [0.05, 0.1) is 20.6 Å². The average Bonchev–Trinajstić information content (AvgIpc) is 2.73. The molecule has 0 spiro atoms. The molecule has 3 atom stereocenters. The quantitative estimate of drug-likeness (QED) is 0.313. The molecule has 0 heterocycles. The molecule has 0 bridgehead atoms. The standard InChI is InChI=1S/C23H33NO10/c1-13(31-19(25)12-23(3,4)5)14(2)32-20(26)16(24)10-15-8-9-17(33-21(27)29-6)18(11-15)34-22(28)30-7/h8-9,11,13-14,16H,10,12,24H2,1-7H3/t13-,14-,16-/m0/s1. The van der Waals surface area contributed by atoms with Gasteiger partial charge in [-0.2, -0.15) is 0 Å². The van der Waals surface area contributed by atoms with E-state index >= 15 is 0 Å². The first-order valence-corrected chi connectivity index (χ1v) is 10.6. The van der Waals surface area contributed by atoms with E-state index < -0.39 is 36.5 Å². The lowest BCUT2D eigenvalue weighted by Crippen LogP contribution is -2.39. The highest BCUT2D eigenvalue weighted by atomic mass is 16.7. The van der Waals surface area contributed by atoms with Crippen molar-refractivity contribution in [3.05, 3.63) is 23.8 Å². The number of carbonyl (C=O) groups excluding carboxylic acids is 4. The molecule has 11 nitrogen and oxygen atoms in total. The Hall–Kier alpha value is -3.34. The predicted molar refractivity (Wildman–Crippen MR) is 119 cm³/mol. The summed E-state index contributed by atoms with van der Waals surface area (Å²) in [5.74, 6) is -1.34. The topological polar surface area (TPSA) is 150 Å². The van der Waals surface area contributed by atoms with Gasteiger partial charge in [0.1, 0.15) is 18.2 Å². The molecule has 0 amide bonds. The van der Waals surface area contributed by atoms with Crippen LogP contribution < -0.4 is 15.2 Å². The minimum Gasteiger partial charge on any atom is -0.459 e. The molecule has 0 radical (unpaired) electrons. The Bertz CT molecular complexity index is 877. The molecule has 1 rings (SSSR count). The normalized spacial score (nSPS) is 13.6. The van der Waals surface area contributed by atoms with Crippen molar-refractivity contribution in [3.63, 3.8) is 0 Å². The molecule has 0 fully saturated rings. The van der Waals surface area contributed by atoms with E-state index in [0.29, 0.717) is 5.56 Å². The number of hydrogen-bond acceptors (Lipinski definition) is 11. The maximum Gasteiger partial charge on any atom is 0.513 e. The first-order chi connectivity index (χ1) is 15.7. The summed E-state index contributed by atoms with van der Waals surface area (Å²) < 4.78 is 29.5. The van der Waals surface area contributed by atoms with Crippen LogP contribution >= 0.6 is 0 Å². The Morgan fingerprint density at radius 3 is 1.94 bits per heavy atom. The molecule has 190 valence electrons. The van der Waals surface area contributed by atoms with Gasteiger partial charge in [-0.25, -0.2) is 9.59 Å². The number of carbonyl (C=O) groups is 4. The summed E-state index contributed by atoms with van der Waals surface area (Å²) in [5.41, 5.74) is 6.23. The molecule has 0 saturated heterocycles. The molecule has 0 saturated carbocycles. The number of hydrogen-bond donors (Lipinski definition) is 1. The van der Waals surface area contributed by atoms with E-state index in [1.54, 1.807) is 13.8 Å². The highest BCUT2D eigenvalue weighted by molar-refractivity contribution is 5.76. The molecule has 0 aromatic heterocycles. The maximum atomic E-state index is 12.5. The average molecular weight is 484 g/mol. The van der Waals surface area contributed by atoms with E-state index in [9.17, 15) is 19.2 Å². The SMILES string of the molecule is COC(=O)Oc1ccc(C[C@H](N)C(=O)O[C@@H](C)[C@H](C)OC(=O)CC(C)(C)C)cc1OC(=O)OC. The Morgan fingerprint density at radius 2 is 1.41 bits per heavy atom. The third kappa shape index (κ3) is 10.1. The monoisotopic (exact) mass is 483 g/mol. The van der Waals surface area contributed by atoms with Crippen molar-refractivity contribution >= 4 is 24.2 Å². The molecular formula is C23H33NO10. The van der Waals surface area contributed by atoms with Crippen LogP contribution in [0, 0.1) is 5.41 Å². The van der Waals surface area contributed by atoms with E-state index in [1.807, 2.05) is 20.8 Å². The summed E-state index contributed by atoms with van der Waals surface area (Å²) in [4.78, 5) is 47.4. The molecule has 1 aromatic carbocycles. The first kappa shape index (κ1) is 28.7. The highest BCUT2D eigenvalue weighted by Crippen LogP contribution is 2.30. The van der Waals surface area contributed by atoms with Gasteiger partial charge in [0.2, 0.25) is 0 Å². The first-order valence-electron chi connectivity index (χ1n) is 10.6. The Labute approximate surface area is 198 Å². The van der Waals surface area contributed by atoms with Gasteiger partial charge in [0.25, 0.3) is 0 Å². The molecule has 0 aliphatic rings. The van der Waals surface area contributed by atoms with Gasteiger partial charge in [-0.1, -0.05) is 26.8 Å². The van der Waals surface area contributed by atoms with Gasteiger partial charge in [-0.3, -0.25) is 9.59 Å². The van der Waals surface area contributed by atoms with Crippen molar-refractivity contribution < 1.29 is 47.6 Å². The Kier molecular flexibility index (Phi) is 10.8. The largest absolute Gasteiger partial charge is 0.513 e. The lowest BCUT2D eigenvalue weighted by Gasteiger charge is -2.24. The third-order valence-electron chi connectivity index (χ3n) is 4.44. The number of methoxy groups -OCH3 is 2. The maximum absolute atomic E-state index is 12.5. The molecule has 34 heavy (non-hydrogen) atoms. The molecule has 0 aliphatic heterocycles. The van der Waals surface area contributed by atoms with Gasteiger partial charge in [0.15, 0.2) is 11.5 Å². The smallest absolute Gasteiger partial charge is 0.459 e. The third-order valence-corrected chi connectivity index (χ3v) is 4.44. The zero-order valence-electron chi connectivity index (χ0n) is 20.5. The lowest BCUT2D eigenvalue weighted by atomic mass is 9.92. The minimum atomic E-state index is -1.07. The van der Waals surface area contributed by atoms with Crippen molar-refractivity contribution in [2.45, 2.75) is 65.7 Å². The number of esters is 2. The van der Waals surface area contributed by atoms with Crippen molar-refractivity contribution in [1.29, 1.82) is 0 Å². The fraction of sp³-hybridized carbons (Fsp3) is 0.565. The van der Waals surface area contributed by atoms with Gasteiger partial charge in [-0.05, 0) is 43.4 Å². The Balaban J connectivity index is 2.81. The van der Waals surface area contributed by atoms with Crippen LogP contribution in [0.3, 0.4) is 0 Å². The van der Waals surface area contributed by atoms with Gasteiger partial charge < -0.3 is 34.2 Å². The van der Waals surface area contributed by atoms with E-state index in [1.165, 1.54) is 18.2 Å². The molecule has 0 aliphatic carbocycles. The molecule has 0 unspecified atom stereocenters. The molecular weight excluding hydrogens is 450 g/mol. The van der Waals surface area contributed by atoms with Crippen LogP contribution in [0.5, 0.6) is 11.5 Å². The summed E-state index contributed by atoms with van der Waals surface area (Å²) >= 11 is 0. The summed E-state index contributed by atoms with van der Waals surface area (Å²) in [6.45, 7) is 8.97. The van der Waals surface area contributed by atoms with Gasteiger partial charge in [-0.15, -0.1) is 0 Å². The molecule has 11 heteroatoms. The van der Waals surface area contributed by atoms with Crippen LogP contribution in [0.1, 0.15) is 46.6 Å². The van der Waals surface area contributed by atoms with Crippen LogP contribution in [0.15, 0.2) is 18.2 Å². The van der Waals surface area contributed by atoms with Gasteiger partial charge in [0, 0.05) is 0 Å². The lowest BCUT2D eigenvalue weighted by molar-refractivity contribution is -0.167. The second kappa shape index (κ2) is 12.8. The highest BCUT2D eigenvalue weighted by Gasteiger charge is 2.26. The van der Waals surface area contributed by atoms with Crippen LogP contribution in [-0.2, 0) is 35.0 Å². The summed E-state index contributed by atoms with van der Waals surface area (Å²) in [6, 6.07) is 3.17. The van der Waals surface area contributed by atoms with Crippen LogP contribution in [0.4, 0.5) is 9.59 Å². The zero-order valence-corrected chi connectivity index (χ0v) is 20.5. The zero-order chi connectivity index (χ0) is 26.1. The van der Waals surface area contributed by atoms with E-state index in [2.05, 4.69) is 9.47 Å². The summed E-state index contributed by atoms with van der Waals surface area (Å²) in [6.07, 6.45) is -3.21. The van der Waals surface area contributed by atoms with Crippen molar-refractivity contribution in [2.75, 3.05) is 14.2 Å². The van der Waals surface area contributed by atoms with E-state index in [0.717, 1.165) is 14.2 Å².